The minimum absolute atomic E-state index is 0. The highest BCUT2D eigenvalue weighted by Crippen LogP contribution is 2.33. The lowest BCUT2D eigenvalue weighted by molar-refractivity contribution is -0.137. The van der Waals surface area contributed by atoms with E-state index in [1.54, 1.807) is 13.0 Å². The predicted octanol–water partition coefficient (Wildman–Crippen LogP) is 3.38. The van der Waals surface area contributed by atoms with Crippen molar-refractivity contribution in [3.63, 3.8) is 0 Å². The molecule has 0 radical (unpaired) electrons. The van der Waals surface area contributed by atoms with E-state index >= 15 is 0 Å². The van der Waals surface area contributed by atoms with Crippen molar-refractivity contribution in [3.8, 4) is 0 Å². The molecule has 174 valence electrons. The lowest BCUT2D eigenvalue weighted by Gasteiger charge is -2.32. The summed E-state index contributed by atoms with van der Waals surface area (Å²) in [5.41, 5.74) is 0.224. The fraction of sp³-hybridized carbons (Fsp3) is 0.238. The standard InChI is InChI=1S/C21H18F3N5O3.H2S/c1-12-10-28(15-4-2-14(3-5-15)21(22,23)24)20(32)18-16(8-26-29(12)18)19(31)27-17-9-25-7-6-13(17)11-30;/h2-9,12,30H,10-11H2,1H3,(H,27,31);1H2/t12-;/m0./s1. The number of hydrogen-bond acceptors (Lipinski definition) is 5. The van der Waals surface area contributed by atoms with E-state index in [4.69, 9.17) is 0 Å². The zero-order valence-corrected chi connectivity index (χ0v) is 18.3. The van der Waals surface area contributed by atoms with Crippen LogP contribution < -0.4 is 10.2 Å². The molecular formula is C21H20F3N5O3S. The number of carbonyl (C=O) groups excluding carboxylic acids is 2. The van der Waals surface area contributed by atoms with Gasteiger partial charge in [-0.1, -0.05) is 0 Å². The maximum Gasteiger partial charge on any atom is 0.416 e. The second kappa shape index (κ2) is 9.24. The Morgan fingerprint density at radius 3 is 2.55 bits per heavy atom. The third kappa shape index (κ3) is 4.57. The van der Waals surface area contributed by atoms with E-state index in [-0.39, 0.29) is 55.3 Å². The van der Waals surface area contributed by atoms with Crippen LogP contribution in [0.5, 0.6) is 0 Å². The van der Waals surface area contributed by atoms with E-state index in [2.05, 4.69) is 15.4 Å². The summed E-state index contributed by atoms with van der Waals surface area (Å²) in [7, 11) is 0. The van der Waals surface area contributed by atoms with Gasteiger partial charge in [-0.25, -0.2) is 0 Å². The van der Waals surface area contributed by atoms with Gasteiger partial charge < -0.3 is 15.3 Å². The van der Waals surface area contributed by atoms with E-state index in [1.165, 1.54) is 40.3 Å². The van der Waals surface area contributed by atoms with Crippen molar-refractivity contribution in [3.05, 3.63) is 71.3 Å². The number of aliphatic hydroxyl groups is 1. The van der Waals surface area contributed by atoms with Gasteiger partial charge in [-0.3, -0.25) is 19.3 Å². The Morgan fingerprint density at radius 1 is 1.21 bits per heavy atom. The maximum absolute atomic E-state index is 13.2. The summed E-state index contributed by atoms with van der Waals surface area (Å²) in [5.74, 6) is -1.18. The number of fused-ring (bicyclic) bond motifs is 1. The molecule has 1 aliphatic rings. The van der Waals surface area contributed by atoms with Gasteiger partial charge in [0.2, 0.25) is 0 Å². The SMILES string of the molecule is C[C@H]1CN(c2ccc(C(F)(F)F)cc2)C(=O)c2c(C(=O)Nc3cnccc3CO)cnn21.S. The van der Waals surface area contributed by atoms with Crippen molar-refractivity contribution in [1.82, 2.24) is 14.8 Å². The molecule has 3 heterocycles. The highest BCUT2D eigenvalue weighted by atomic mass is 32.1. The molecule has 8 nitrogen and oxygen atoms in total. The fourth-order valence-corrected chi connectivity index (χ4v) is 3.54. The van der Waals surface area contributed by atoms with Gasteiger partial charge in [-0.05, 0) is 37.3 Å². The number of halogens is 3. The summed E-state index contributed by atoms with van der Waals surface area (Å²) in [5, 5.41) is 16.2. The number of aromatic nitrogens is 3. The molecule has 0 saturated carbocycles. The largest absolute Gasteiger partial charge is 0.416 e. The average molecular weight is 479 g/mol. The molecule has 0 spiro atoms. The molecule has 33 heavy (non-hydrogen) atoms. The number of carbonyl (C=O) groups is 2. The molecular weight excluding hydrogens is 459 g/mol. The fourth-order valence-electron chi connectivity index (χ4n) is 3.54. The first-order valence-corrected chi connectivity index (χ1v) is 9.62. The van der Waals surface area contributed by atoms with E-state index in [0.717, 1.165) is 12.1 Å². The number of benzene rings is 1. The third-order valence-corrected chi connectivity index (χ3v) is 5.19. The van der Waals surface area contributed by atoms with E-state index in [0.29, 0.717) is 5.56 Å². The third-order valence-electron chi connectivity index (χ3n) is 5.19. The molecule has 0 saturated heterocycles. The van der Waals surface area contributed by atoms with Gasteiger partial charge in [0, 0.05) is 24.0 Å². The van der Waals surface area contributed by atoms with E-state index in [9.17, 15) is 27.9 Å². The minimum atomic E-state index is -4.48. The first-order valence-electron chi connectivity index (χ1n) is 9.62. The topological polar surface area (TPSA) is 100 Å². The molecule has 2 aromatic heterocycles. The number of amides is 2. The Hall–Kier alpha value is -3.38. The average Bonchev–Trinajstić information content (AvgIpc) is 3.22. The molecule has 0 unspecified atom stereocenters. The van der Waals surface area contributed by atoms with Gasteiger partial charge in [0.25, 0.3) is 11.8 Å². The van der Waals surface area contributed by atoms with Crippen LogP contribution in [0.1, 0.15) is 44.9 Å². The second-order valence-corrected chi connectivity index (χ2v) is 7.31. The molecule has 12 heteroatoms. The minimum Gasteiger partial charge on any atom is -0.392 e. The molecule has 1 aliphatic heterocycles. The summed E-state index contributed by atoms with van der Waals surface area (Å²) in [4.78, 5) is 31.4. The lowest BCUT2D eigenvalue weighted by atomic mass is 10.1. The van der Waals surface area contributed by atoms with Crippen molar-refractivity contribution in [2.75, 3.05) is 16.8 Å². The van der Waals surface area contributed by atoms with Crippen LogP contribution in [0.4, 0.5) is 24.5 Å². The molecule has 4 rings (SSSR count). The van der Waals surface area contributed by atoms with Crippen molar-refractivity contribution >= 4 is 36.7 Å². The smallest absolute Gasteiger partial charge is 0.392 e. The summed E-state index contributed by atoms with van der Waals surface area (Å²) in [6.07, 6.45) is -0.375. The van der Waals surface area contributed by atoms with Crippen LogP contribution in [-0.2, 0) is 12.8 Å². The first kappa shape index (κ1) is 24.3. The number of anilines is 2. The van der Waals surface area contributed by atoms with Gasteiger partial charge in [-0.15, -0.1) is 0 Å². The Labute approximate surface area is 193 Å². The Kier molecular flexibility index (Phi) is 6.79. The van der Waals surface area contributed by atoms with Crippen LogP contribution in [-0.4, -0.2) is 38.2 Å². The monoisotopic (exact) mass is 479 g/mol. The highest BCUT2D eigenvalue weighted by Gasteiger charge is 2.36. The molecule has 1 atom stereocenters. The number of pyridine rings is 1. The molecule has 2 amide bonds. The van der Waals surface area contributed by atoms with Crippen LogP contribution >= 0.6 is 13.5 Å². The zero-order valence-electron chi connectivity index (χ0n) is 17.3. The number of nitrogens with one attached hydrogen (secondary N) is 1. The first-order chi connectivity index (χ1) is 15.2. The van der Waals surface area contributed by atoms with Crippen molar-refractivity contribution < 1.29 is 27.9 Å². The summed E-state index contributed by atoms with van der Waals surface area (Å²) in [6.45, 7) is 1.64. The molecule has 1 aromatic carbocycles. The zero-order chi connectivity index (χ0) is 23.0. The molecule has 0 bridgehead atoms. The van der Waals surface area contributed by atoms with Crippen LogP contribution in [0.2, 0.25) is 0 Å². The Morgan fingerprint density at radius 2 is 1.91 bits per heavy atom. The van der Waals surface area contributed by atoms with Crippen LogP contribution in [0.25, 0.3) is 0 Å². The number of nitrogens with zero attached hydrogens (tertiary/aromatic N) is 4. The maximum atomic E-state index is 13.2. The number of rotatable bonds is 4. The summed E-state index contributed by atoms with van der Waals surface area (Å²) < 4.78 is 40.0. The summed E-state index contributed by atoms with van der Waals surface area (Å²) in [6, 6.07) is 5.49. The van der Waals surface area contributed by atoms with E-state index in [1.807, 2.05) is 0 Å². The second-order valence-electron chi connectivity index (χ2n) is 7.31. The van der Waals surface area contributed by atoms with Gasteiger partial charge in [-0.2, -0.15) is 31.8 Å². The van der Waals surface area contributed by atoms with Crippen LogP contribution in [0, 0.1) is 0 Å². The Balaban J connectivity index is 0.00000306. The van der Waals surface area contributed by atoms with Crippen molar-refractivity contribution in [1.29, 1.82) is 0 Å². The van der Waals surface area contributed by atoms with Gasteiger partial charge in [0.1, 0.15) is 5.69 Å². The quantitative estimate of drug-likeness (QED) is 0.598. The highest BCUT2D eigenvalue weighted by molar-refractivity contribution is 7.59. The molecule has 0 aliphatic carbocycles. The van der Waals surface area contributed by atoms with Crippen LogP contribution in [0.3, 0.4) is 0 Å². The predicted molar refractivity (Wildman–Crippen MR) is 119 cm³/mol. The number of aliphatic hydroxyl groups excluding tert-OH is 1. The van der Waals surface area contributed by atoms with E-state index < -0.39 is 23.6 Å². The molecule has 0 fully saturated rings. The Bertz CT molecular complexity index is 1180. The van der Waals surface area contributed by atoms with Gasteiger partial charge in [0.05, 0.1) is 41.9 Å². The van der Waals surface area contributed by atoms with Gasteiger partial charge >= 0.3 is 6.18 Å². The van der Waals surface area contributed by atoms with Crippen LogP contribution in [0.15, 0.2) is 48.9 Å². The molecule has 3 aromatic rings. The lowest BCUT2D eigenvalue weighted by Crippen LogP contribution is -2.43. The van der Waals surface area contributed by atoms with Crippen molar-refractivity contribution in [2.45, 2.75) is 25.7 Å². The summed E-state index contributed by atoms with van der Waals surface area (Å²) >= 11 is 0. The molecule has 2 N–H and O–H groups in total. The van der Waals surface area contributed by atoms with Gasteiger partial charge in [0.15, 0.2) is 0 Å². The number of hydrogen-bond donors (Lipinski definition) is 2. The number of alkyl halides is 3. The van der Waals surface area contributed by atoms with Crippen molar-refractivity contribution in [2.24, 2.45) is 0 Å². The normalized spacial score (nSPS) is 15.6.